The number of benzene rings is 2. The minimum Gasteiger partial charge on any atom is -0.373 e. The summed E-state index contributed by atoms with van der Waals surface area (Å²) in [7, 11) is -4.03. The standard InChI is InChI=1S/C20H20ClF3O3S2/c1-19(29(25,26)15-5-3-4-13(10-15)20(22,23)24)8-9-27-17(12-19)16-7-6-14(21)11-18(16)28-2/h3-7,10-11,17H,8-9,12H2,1-2H3. The molecule has 0 spiro atoms. The Morgan fingerprint density at radius 2 is 1.93 bits per heavy atom. The van der Waals surface area contributed by atoms with Crippen LogP contribution < -0.4 is 0 Å². The highest BCUT2D eigenvalue weighted by Crippen LogP contribution is 2.44. The Labute approximate surface area is 177 Å². The summed E-state index contributed by atoms with van der Waals surface area (Å²) < 4.78 is 70.4. The van der Waals surface area contributed by atoms with Crippen LogP contribution in [0.15, 0.2) is 52.3 Å². The number of ether oxygens (including phenoxy) is 1. The first-order valence-electron chi connectivity index (χ1n) is 8.85. The van der Waals surface area contributed by atoms with Gasteiger partial charge in [0.1, 0.15) is 0 Å². The first-order chi connectivity index (χ1) is 13.5. The maximum absolute atomic E-state index is 13.3. The van der Waals surface area contributed by atoms with E-state index < -0.39 is 32.4 Å². The van der Waals surface area contributed by atoms with Crippen LogP contribution in [0.1, 0.15) is 37.0 Å². The summed E-state index contributed by atoms with van der Waals surface area (Å²) in [6.45, 7) is 1.77. The minimum atomic E-state index is -4.61. The minimum absolute atomic E-state index is 0.140. The highest BCUT2D eigenvalue weighted by Gasteiger charge is 2.46. The van der Waals surface area contributed by atoms with Gasteiger partial charge in [0.05, 0.1) is 21.3 Å². The van der Waals surface area contributed by atoms with E-state index >= 15 is 0 Å². The second-order valence-electron chi connectivity index (χ2n) is 7.18. The summed E-state index contributed by atoms with van der Waals surface area (Å²) in [6.07, 6.45) is -2.88. The summed E-state index contributed by atoms with van der Waals surface area (Å²) in [5.41, 5.74) is -0.153. The quantitative estimate of drug-likeness (QED) is 0.508. The van der Waals surface area contributed by atoms with Gasteiger partial charge in [0.15, 0.2) is 9.84 Å². The highest BCUT2D eigenvalue weighted by molar-refractivity contribution is 7.98. The third-order valence-corrected chi connectivity index (χ3v) is 8.80. The van der Waals surface area contributed by atoms with E-state index in [0.29, 0.717) is 11.1 Å². The molecule has 1 aliphatic rings. The Morgan fingerprint density at radius 3 is 2.59 bits per heavy atom. The van der Waals surface area contributed by atoms with Crippen molar-refractivity contribution in [3.63, 3.8) is 0 Å². The predicted octanol–water partition coefficient (Wildman–Crippen LogP) is 6.16. The van der Waals surface area contributed by atoms with Gasteiger partial charge in [0.2, 0.25) is 0 Å². The number of halogens is 4. The molecule has 2 aromatic rings. The fraction of sp³-hybridized carbons (Fsp3) is 0.400. The highest BCUT2D eigenvalue weighted by atomic mass is 35.5. The van der Waals surface area contributed by atoms with E-state index in [2.05, 4.69) is 0 Å². The van der Waals surface area contributed by atoms with Crippen molar-refractivity contribution in [1.82, 2.24) is 0 Å². The topological polar surface area (TPSA) is 43.4 Å². The molecule has 1 fully saturated rings. The molecule has 0 radical (unpaired) electrons. The smallest absolute Gasteiger partial charge is 0.373 e. The third kappa shape index (κ3) is 4.45. The first kappa shape index (κ1) is 22.5. The lowest BCUT2D eigenvalue weighted by Gasteiger charge is -2.38. The van der Waals surface area contributed by atoms with Crippen molar-refractivity contribution in [3.05, 3.63) is 58.6 Å². The number of rotatable bonds is 4. The van der Waals surface area contributed by atoms with Crippen molar-refractivity contribution in [2.24, 2.45) is 0 Å². The maximum atomic E-state index is 13.3. The molecule has 2 unspecified atom stereocenters. The van der Waals surface area contributed by atoms with Gasteiger partial charge in [-0.1, -0.05) is 23.7 Å². The number of alkyl halides is 3. The zero-order valence-corrected chi connectivity index (χ0v) is 18.2. The predicted molar refractivity (Wildman–Crippen MR) is 108 cm³/mol. The van der Waals surface area contributed by atoms with Crippen LogP contribution in [0.5, 0.6) is 0 Å². The van der Waals surface area contributed by atoms with E-state index in [9.17, 15) is 21.6 Å². The molecular formula is C20H20ClF3O3S2. The van der Waals surface area contributed by atoms with Crippen molar-refractivity contribution in [1.29, 1.82) is 0 Å². The van der Waals surface area contributed by atoms with Crippen LogP contribution in [-0.2, 0) is 20.8 Å². The van der Waals surface area contributed by atoms with Crippen LogP contribution >= 0.6 is 23.4 Å². The fourth-order valence-electron chi connectivity index (χ4n) is 3.49. The molecule has 9 heteroatoms. The summed E-state index contributed by atoms with van der Waals surface area (Å²) in [4.78, 5) is 0.555. The molecule has 0 N–H and O–H groups in total. The van der Waals surface area contributed by atoms with E-state index in [0.717, 1.165) is 22.6 Å². The Balaban J connectivity index is 1.98. The van der Waals surface area contributed by atoms with Crippen molar-refractivity contribution in [2.45, 2.75) is 46.6 Å². The second-order valence-corrected chi connectivity index (χ2v) is 10.9. The third-order valence-electron chi connectivity index (χ3n) is 5.23. The molecule has 2 atom stereocenters. The molecule has 1 aliphatic heterocycles. The molecule has 158 valence electrons. The Morgan fingerprint density at radius 1 is 1.21 bits per heavy atom. The molecule has 0 aromatic heterocycles. The molecule has 3 rings (SSSR count). The Kier molecular flexibility index (Phi) is 6.30. The van der Waals surface area contributed by atoms with Crippen molar-refractivity contribution >= 4 is 33.2 Å². The molecular weight excluding hydrogens is 445 g/mol. The molecule has 3 nitrogen and oxygen atoms in total. The SMILES string of the molecule is CSc1cc(Cl)ccc1C1CC(C)(S(=O)(=O)c2cccc(C(F)(F)F)c2)CCO1. The molecule has 0 aliphatic carbocycles. The van der Waals surface area contributed by atoms with Crippen molar-refractivity contribution < 1.29 is 26.3 Å². The fourth-order valence-corrected chi connectivity index (χ4v) is 6.24. The lowest BCUT2D eigenvalue weighted by molar-refractivity contribution is -0.137. The van der Waals surface area contributed by atoms with Gasteiger partial charge in [-0.15, -0.1) is 11.8 Å². The number of thioether (sulfide) groups is 1. The Hall–Kier alpha value is -1.22. The average Bonchev–Trinajstić information content (AvgIpc) is 2.67. The summed E-state index contributed by atoms with van der Waals surface area (Å²) in [5, 5.41) is 0.563. The molecule has 0 saturated carbocycles. The zero-order chi connectivity index (χ0) is 21.4. The van der Waals surface area contributed by atoms with Crippen LogP contribution in [0.25, 0.3) is 0 Å². The van der Waals surface area contributed by atoms with Gasteiger partial charge in [-0.25, -0.2) is 8.42 Å². The monoisotopic (exact) mass is 464 g/mol. The summed E-state index contributed by atoms with van der Waals surface area (Å²) in [5.74, 6) is 0. The summed E-state index contributed by atoms with van der Waals surface area (Å²) in [6, 6.07) is 9.23. The molecule has 29 heavy (non-hydrogen) atoms. The van der Waals surface area contributed by atoms with Gasteiger partial charge < -0.3 is 4.74 Å². The normalized spacial score (nSPS) is 23.2. The van der Waals surface area contributed by atoms with Crippen LogP contribution in [0.4, 0.5) is 13.2 Å². The number of hydrogen-bond acceptors (Lipinski definition) is 4. The van der Waals surface area contributed by atoms with Gasteiger partial charge in [-0.2, -0.15) is 13.2 Å². The van der Waals surface area contributed by atoms with Crippen LogP contribution in [0, 0.1) is 0 Å². The van der Waals surface area contributed by atoms with E-state index in [1.807, 2.05) is 12.3 Å². The van der Waals surface area contributed by atoms with E-state index in [1.54, 1.807) is 19.1 Å². The van der Waals surface area contributed by atoms with Crippen LogP contribution in [-0.4, -0.2) is 26.0 Å². The van der Waals surface area contributed by atoms with E-state index in [1.165, 1.54) is 17.8 Å². The second kappa shape index (κ2) is 8.13. The van der Waals surface area contributed by atoms with Crippen molar-refractivity contribution in [3.8, 4) is 0 Å². The zero-order valence-electron chi connectivity index (χ0n) is 15.8. The maximum Gasteiger partial charge on any atom is 0.416 e. The average molecular weight is 465 g/mol. The van der Waals surface area contributed by atoms with Gasteiger partial charge in [0, 0.05) is 16.5 Å². The van der Waals surface area contributed by atoms with Crippen molar-refractivity contribution in [2.75, 3.05) is 12.9 Å². The Bertz CT molecular complexity index is 1010. The molecule has 1 saturated heterocycles. The number of sulfone groups is 1. The summed E-state index contributed by atoms with van der Waals surface area (Å²) >= 11 is 7.53. The van der Waals surface area contributed by atoms with E-state index in [-0.39, 0.29) is 24.3 Å². The largest absolute Gasteiger partial charge is 0.416 e. The molecule has 0 amide bonds. The van der Waals surface area contributed by atoms with Crippen LogP contribution in [0.2, 0.25) is 5.02 Å². The van der Waals surface area contributed by atoms with Crippen LogP contribution in [0.3, 0.4) is 0 Å². The van der Waals surface area contributed by atoms with E-state index in [4.69, 9.17) is 16.3 Å². The molecule has 2 aromatic carbocycles. The van der Waals surface area contributed by atoms with Gasteiger partial charge in [0.25, 0.3) is 0 Å². The lowest BCUT2D eigenvalue weighted by atomic mass is 9.92. The number of hydrogen-bond donors (Lipinski definition) is 0. The first-order valence-corrected chi connectivity index (χ1v) is 11.9. The van der Waals surface area contributed by atoms with Gasteiger partial charge >= 0.3 is 6.18 Å². The van der Waals surface area contributed by atoms with Gasteiger partial charge in [-0.05, 0) is 61.9 Å². The molecule has 1 heterocycles. The molecule has 0 bridgehead atoms. The lowest BCUT2D eigenvalue weighted by Crippen LogP contribution is -2.42. The van der Waals surface area contributed by atoms with Gasteiger partial charge in [-0.3, -0.25) is 0 Å².